The van der Waals surface area contributed by atoms with E-state index in [1.807, 2.05) is 66.7 Å². The highest BCUT2D eigenvalue weighted by Crippen LogP contribution is 2.27. The van der Waals surface area contributed by atoms with Crippen molar-refractivity contribution >= 4 is 23.6 Å². The molecule has 2 aromatic carbocycles. The first kappa shape index (κ1) is 33.5. The summed E-state index contributed by atoms with van der Waals surface area (Å²) < 4.78 is 0. The molecular weight excluding hydrogens is 592 g/mol. The standard InChI is InChI=1S/C37H44N6O4/c1-26(38-2)35(45)41-34(31-11-7-4-8-12-31)36(46)40-24-33(44)43-22-21-42(25-28-17-19-39-20-18-28)37(47)32(43)23-27-13-15-30(16-14-27)29-9-5-3-6-10-29/h3,5-6,9-10,13-22,26,31-32,34,38H,4,7-8,11-12,23-25H2,1-2H3,(H,40,46)(H,41,45)/t26-,32-,34-/m0/s1. The fraction of sp³-hybridized carbons (Fsp3) is 0.378. The molecule has 3 atom stereocenters. The Morgan fingerprint density at radius 3 is 2.21 bits per heavy atom. The summed E-state index contributed by atoms with van der Waals surface area (Å²) in [6.07, 6.45) is 11.7. The minimum Gasteiger partial charge on any atom is -0.345 e. The lowest BCUT2D eigenvalue weighted by Crippen LogP contribution is -2.57. The zero-order chi connectivity index (χ0) is 33.2. The van der Waals surface area contributed by atoms with Crippen LogP contribution in [0.4, 0.5) is 0 Å². The second kappa shape index (κ2) is 16.1. The van der Waals surface area contributed by atoms with Crippen LogP contribution in [-0.4, -0.2) is 70.1 Å². The van der Waals surface area contributed by atoms with Gasteiger partial charge in [0.25, 0.3) is 0 Å². The summed E-state index contributed by atoms with van der Waals surface area (Å²) in [6, 6.07) is 19.7. The van der Waals surface area contributed by atoms with Gasteiger partial charge in [-0.25, -0.2) is 0 Å². The van der Waals surface area contributed by atoms with Gasteiger partial charge in [0.15, 0.2) is 0 Å². The number of hydrogen-bond acceptors (Lipinski definition) is 6. The van der Waals surface area contributed by atoms with Gasteiger partial charge in [0.1, 0.15) is 12.1 Å². The number of rotatable bonds is 12. The Morgan fingerprint density at radius 1 is 0.851 bits per heavy atom. The van der Waals surface area contributed by atoms with Crippen molar-refractivity contribution in [1.82, 2.24) is 30.7 Å². The Labute approximate surface area is 276 Å². The van der Waals surface area contributed by atoms with Gasteiger partial charge in [-0.1, -0.05) is 73.9 Å². The van der Waals surface area contributed by atoms with Crippen LogP contribution in [0, 0.1) is 5.92 Å². The van der Waals surface area contributed by atoms with Gasteiger partial charge in [0, 0.05) is 31.2 Å². The molecule has 0 saturated heterocycles. The lowest BCUT2D eigenvalue weighted by molar-refractivity contribution is -0.144. The topological polar surface area (TPSA) is 124 Å². The van der Waals surface area contributed by atoms with E-state index < -0.39 is 24.0 Å². The van der Waals surface area contributed by atoms with Gasteiger partial charge < -0.3 is 25.8 Å². The number of pyridine rings is 1. The highest BCUT2D eigenvalue weighted by Gasteiger charge is 2.36. The van der Waals surface area contributed by atoms with E-state index in [1.54, 1.807) is 43.7 Å². The van der Waals surface area contributed by atoms with Gasteiger partial charge in [-0.05, 0) is 67.1 Å². The number of nitrogens with one attached hydrogen (secondary N) is 3. The minimum atomic E-state index is -0.806. The molecule has 5 rings (SSSR count). The molecular formula is C37H44N6O4. The van der Waals surface area contributed by atoms with Crippen molar-refractivity contribution in [1.29, 1.82) is 0 Å². The molecule has 10 heteroatoms. The number of carbonyl (C=O) groups is 4. The third-order valence-corrected chi connectivity index (χ3v) is 9.13. The maximum absolute atomic E-state index is 13.9. The molecule has 1 saturated carbocycles. The highest BCUT2D eigenvalue weighted by atomic mass is 16.2. The van der Waals surface area contributed by atoms with Crippen molar-refractivity contribution in [3.05, 3.63) is 103 Å². The summed E-state index contributed by atoms with van der Waals surface area (Å²) in [5.74, 6) is -1.28. The molecule has 47 heavy (non-hydrogen) atoms. The van der Waals surface area contributed by atoms with Crippen molar-refractivity contribution in [2.24, 2.45) is 5.92 Å². The summed E-state index contributed by atoms with van der Waals surface area (Å²) in [7, 11) is 1.69. The molecule has 1 aliphatic heterocycles. The average molecular weight is 637 g/mol. The maximum Gasteiger partial charge on any atom is 0.250 e. The van der Waals surface area contributed by atoms with Gasteiger partial charge in [0.2, 0.25) is 23.6 Å². The molecule has 4 amide bonds. The van der Waals surface area contributed by atoms with Crippen molar-refractivity contribution in [2.45, 2.75) is 70.1 Å². The lowest BCUT2D eigenvalue weighted by atomic mass is 9.83. The number of likely N-dealkylation sites (N-methyl/N-ethyl adjacent to an activating group) is 1. The third kappa shape index (κ3) is 8.71. The van der Waals surface area contributed by atoms with E-state index in [1.165, 1.54) is 4.90 Å². The molecule has 0 radical (unpaired) electrons. The largest absolute Gasteiger partial charge is 0.345 e. The summed E-state index contributed by atoms with van der Waals surface area (Å²) in [6.45, 7) is 1.78. The van der Waals surface area contributed by atoms with Crippen LogP contribution in [0.25, 0.3) is 11.1 Å². The Morgan fingerprint density at radius 2 is 1.53 bits per heavy atom. The molecule has 2 aliphatic rings. The minimum absolute atomic E-state index is 0.00308. The number of nitrogens with zero attached hydrogens (tertiary/aromatic N) is 3. The zero-order valence-corrected chi connectivity index (χ0v) is 27.1. The smallest absolute Gasteiger partial charge is 0.250 e. The fourth-order valence-electron chi connectivity index (χ4n) is 6.22. The van der Waals surface area contributed by atoms with E-state index in [-0.39, 0.29) is 30.2 Å². The van der Waals surface area contributed by atoms with Crippen LogP contribution >= 0.6 is 0 Å². The van der Waals surface area contributed by atoms with Crippen LogP contribution in [0.2, 0.25) is 0 Å². The SMILES string of the molecule is CN[C@@H](C)C(=O)N[C@H](C(=O)NCC(=O)N1C=CN(Cc2ccncc2)C(=O)[C@@H]1Cc1ccc(-c2ccccc2)cc1)C1CCCCC1. The van der Waals surface area contributed by atoms with E-state index in [0.29, 0.717) is 13.0 Å². The first-order valence-corrected chi connectivity index (χ1v) is 16.4. The molecule has 1 aliphatic carbocycles. The summed E-state index contributed by atoms with van der Waals surface area (Å²) in [5.41, 5.74) is 3.97. The number of carbonyl (C=O) groups excluding carboxylic acids is 4. The second-order valence-electron chi connectivity index (χ2n) is 12.3. The lowest BCUT2D eigenvalue weighted by Gasteiger charge is -2.36. The molecule has 0 bridgehead atoms. The Balaban J connectivity index is 1.32. The molecule has 0 unspecified atom stereocenters. The van der Waals surface area contributed by atoms with Gasteiger partial charge in [-0.2, -0.15) is 0 Å². The van der Waals surface area contributed by atoms with E-state index in [0.717, 1.165) is 54.4 Å². The Hall–Kier alpha value is -4.83. The van der Waals surface area contributed by atoms with Crippen molar-refractivity contribution in [3.63, 3.8) is 0 Å². The van der Waals surface area contributed by atoms with Crippen LogP contribution < -0.4 is 16.0 Å². The van der Waals surface area contributed by atoms with Gasteiger partial charge in [-0.3, -0.25) is 24.2 Å². The Bertz CT molecular complexity index is 1540. The Kier molecular flexibility index (Phi) is 11.5. The first-order chi connectivity index (χ1) is 22.8. The molecule has 1 fully saturated rings. The second-order valence-corrected chi connectivity index (χ2v) is 12.3. The van der Waals surface area contributed by atoms with Gasteiger partial charge in [0.05, 0.1) is 19.1 Å². The summed E-state index contributed by atoms with van der Waals surface area (Å²) >= 11 is 0. The first-order valence-electron chi connectivity index (χ1n) is 16.4. The maximum atomic E-state index is 13.9. The van der Waals surface area contributed by atoms with Crippen LogP contribution in [-0.2, 0) is 32.1 Å². The van der Waals surface area contributed by atoms with Crippen LogP contribution in [0.1, 0.15) is 50.2 Å². The molecule has 10 nitrogen and oxygen atoms in total. The third-order valence-electron chi connectivity index (χ3n) is 9.13. The van der Waals surface area contributed by atoms with E-state index in [9.17, 15) is 19.2 Å². The monoisotopic (exact) mass is 636 g/mol. The van der Waals surface area contributed by atoms with E-state index >= 15 is 0 Å². The normalized spacial score (nSPS) is 18.0. The molecule has 2 heterocycles. The highest BCUT2D eigenvalue weighted by molar-refractivity contribution is 5.94. The van der Waals surface area contributed by atoms with E-state index in [4.69, 9.17) is 0 Å². The van der Waals surface area contributed by atoms with E-state index in [2.05, 4.69) is 20.9 Å². The summed E-state index contributed by atoms with van der Waals surface area (Å²) in [4.78, 5) is 61.0. The van der Waals surface area contributed by atoms with Gasteiger partial charge in [-0.15, -0.1) is 0 Å². The fourth-order valence-corrected chi connectivity index (χ4v) is 6.22. The van der Waals surface area contributed by atoms with Crippen LogP contribution in [0.5, 0.6) is 0 Å². The molecule has 0 spiro atoms. The predicted octanol–water partition coefficient (Wildman–Crippen LogP) is 3.79. The van der Waals surface area contributed by atoms with Crippen molar-refractivity contribution < 1.29 is 19.2 Å². The number of aromatic nitrogens is 1. The van der Waals surface area contributed by atoms with Crippen LogP contribution in [0.3, 0.4) is 0 Å². The van der Waals surface area contributed by atoms with Gasteiger partial charge >= 0.3 is 0 Å². The molecule has 1 aromatic heterocycles. The average Bonchev–Trinajstić information content (AvgIpc) is 3.12. The number of benzene rings is 2. The quantitative estimate of drug-likeness (QED) is 0.278. The van der Waals surface area contributed by atoms with Crippen LogP contribution in [0.15, 0.2) is 91.5 Å². The number of hydrogen-bond donors (Lipinski definition) is 3. The zero-order valence-electron chi connectivity index (χ0n) is 27.1. The molecule has 3 aromatic rings. The summed E-state index contributed by atoms with van der Waals surface area (Å²) in [5, 5.41) is 8.61. The molecule has 3 N–H and O–H groups in total. The number of amides is 4. The molecule has 246 valence electrons. The predicted molar refractivity (Wildman–Crippen MR) is 180 cm³/mol. The van der Waals surface area contributed by atoms with Crippen molar-refractivity contribution in [2.75, 3.05) is 13.6 Å². The van der Waals surface area contributed by atoms with Crippen molar-refractivity contribution in [3.8, 4) is 11.1 Å².